The van der Waals surface area contributed by atoms with Gasteiger partial charge in [-0.2, -0.15) is 11.8 Å². The number of guanidine groups is 1. The van der Waals surface area contributed by atoms with Gasteiger partial charge in [-0.25, -0.2) is 4.79 Å². The molecule has 0 radical (unpaired) electrons. The van der Waals surface area contributed by atoms with Crippen LogP contribution >= 0.6 is 11.8 Å². The molecule has 230 valence electrons. The Balaban J connectivity index is 3.05. The fourth-order valence-electron chi connectivity index (χ4n) is 3.81. The van der Waals surface area contributed by atoms with E-state index in [4.69, 9.17) is 22.9 Å². The van der Waals surface area contributed by atoms with E-state index in [1.54, 1.807) is 12.1 Å². The third-order valence-corrected chi connectivity index (χ3v) is 6.76. The topological polar surface area (TPSA) is 261 Å². The molecule has 41 heavy (non-hydrogen) atoms. The third-order valence-electron chi connectivity index (χ3n) is 6.12. The summed E-state index contributed by atoms with van der Waals surface area (Å²) in [5.74, 6) is -2.65. The normalized spacial score (nSPS) is 13.7. The maximum atomic E-state index is 13.4. The largest absolute Gasteiger partial charge is 0.508 e. The highest BCUT2D eigenvalue weighted by Gasteiger charge is 2.30. The van der Waals surface area contributed by atoms with E-state index in [-0.39, 0.29) is 37.5 Å². The summed E-state index contributed by atoms with van der Waals surface area (Å²) in [5, 5.41) is 27.0. The van der Waals surface area contributed by atoms with Crippen LogP contribution in [0.25, 0.3) is 0 Å². The molecule has 1 rings (SSSR count). The molecular weight excluding hydrogens is 552 g/mol. The summed E-state index contributed by atoms with van der Waals surface area (Å²) in [6.07, 6.45) is 4.23. The zero-order valence-corrected chi connectivity index (χ0v) is 24.2. The van der Waals surface area contributed by atoms with Crippen LogP contribution < -0.4 is 38.9 Å². The van der Waals surface area contributed by atoms with Gasteiger partial charge in [0, 0.05) is 13.0 Å². The second-order valence-electron chi connectivity index (χ2n) is 9.51. The number of nitrogens with one attached hydrogen (secondary N) is 3. The van der Waals surface area contributed by atoms with E-state index in [0.29, 0.717) is 43.5 Å². The van der Waals surface area contributed by atoms with Gasteiger partial charge in [0.15, 0.2) is 5.96 Å². The van der Waals surface area contributed by atoms with Crippen molar-refractivity contribution in [1.29, 1.82) is 0 Å². The van der Waals surface area contributed by atoms with Crippen molar-refractivity contribution in [1.82, 2.24) is 16.0 Å². The Morgan fingerprint density at radius 2 is 1.49 bits per heavy atom. The molecule has 0 aromatic heterocycles. The van der Waals surface area contributed by atoms with Gasteiger partial charge in [0.2, 0.25) is 17.7 Å². The molecule has 0 spiro atoms. The predicted octanol–water partition coefficient (Wildman–Crippen LogP) is -1.26. The first-order valence-electron chi connectivity index (χ1n) is 13.4. The maximum Gasteiger partial charge on any atom is 0.326 e. The molecule has 1 aromatic carbocycles. The first kappa shape index (κ1) is 35.5. The molecule has 0 aliphatic heterocycles. The number of carboxylic acid groups (broad SMARTS) is 1. The number of rotatable bonds is 20. The van der Waals surface area contributed by atoms with Crippen LogP contribution in [-0.4, -0.2) is 89.1 Å². The molecule has 0 bridgehead atoms. The number of phenolic OH excluding ortho intramolecular Hbond substituents is 1. The number of carbonyl (C=O) groups is 4. The highest BCUT2D eigenvalue weighted by atomic mass is 32.2. The number of aliphatic imine (C=N–C) groups is 1. The Bertz CT molecular complexity index is 1010. The van der Waals surface area contributed by atoms with Crippen LogP contribution in [0, 0.1) is 0 Å². The summed E-state index contributed by atoms with van der Waals surface area (Å²) in [6.45, 7) is 0.667. The molecule has 14 nitrogen and oxygen atoms in total. The lowest BCUT2D eigenvalue weighted by Crippen LogP contribution is -2.57. The molecule has 3 amide bonds. The first-order valence-corrected chi connectivity index (χ1v) is 14.8. The van der Waals surface area contributed by atoms with Gasteiger partial charge in [-0.15, -0.1) is 0 Å². The maximum absolute atomic E-state index is 13.4. The van der Waals surface area contributed by atoms with Crippen molar-refractivity contribution in [2.45, 2.75) is 69.1 Å². The number of carboxylic acids is 1. The Hall–Kier alpha value is -3.56. The van der Waals surface area contributed by atoms with Crippen molar-refractivity contribution in [3.8, 4) is 5.75 Å². The van der Waals surface area contributed by atoms with Crippen molar-refractivity contribution in [3.63, 3.8) is 0 Å². The SMILES string of the molecule is CSCCC(NC(=O)C(Cc1ccc(O)cc1)NC(=O)C(N)CCCCN)C(=O)NC(CCCN=C(N)N)C(=O)O. The fourth-order valence-corrected chi connectivity index (χ4v) is 4.28. The van der Waals surface area contributed by atoms with Crippen molar-refractivity contribution >= 4 is 41.4 Å². The molecule has 0 aliphatic carbocycles. The van der Waals surface area contributed by atoms with Crippen LogP contribution in [0.3, 0.4) is 0 Å². The Kier molecular flexibility index (Phi) is 16.9. The number of nitrogens with two attached hydrogens (primary N) is 4. The lowest BCUT2D eigenvalue weighted by atomic mass is 10.0. The van der Waals surface area contributed by atoms with Gasteiger partial charge in [-0.1, -0.05) is 18.6 Å². The molecule has 13 N–H and O–H groups in total. The third kappa shape index (κ3) is 14.6. The fraction of sp³-hybridized carbons (Fsp3) is 0.577. The predicted molar refractivity (Wildman–Crippen MR) is 159 cm³/mol. The zero-order valence-electron chi connectivity index (χ0n) is 23.4. The summed E-state index contributed by atoms with van der Waals surface area (Å²) in [4.78, 5) is 54.9. The number of thioether (sulfide) groups is 1. The summed E-state index contributed by atoms with van der Waals surface area (Å²) in [6, 6.07) is 1.91. The molecule has 0 fully saturated rings. The number of nitrogens with zero attached hydrogens (tertiary/aromatic N) is 1. The van der Waals surface area contributed by atoms with Gasteiger partial charge < -0.3 is 49.1 Å². The summed E-state index contributed by atoms with van der Waals surface area (Å²) < 4.78 is 0. The molecule has 15 heteroatoms. The smallest absolute Gasteiger partial charge is 0.326 e. The number of carbonyl (C=O) groups excluding carboxylic acids is 3. The van der Waals surface area contributed by atoms with Crippen molar-refractivity contribution < 1.29 is 29.4 Å². The van der Waals surface area contributed by atoms with E-state index in [9.17, 15) is 29.4 Å². The second-order valence-corrected chi connectivity index (χ2v) is 10.5. The molecule has 0 heterocycles. The molecular formula is C26H44N8O6S. The van der Waals surface area contributed by atoms with Gasteiger partial charge >= 0.3 is 5.97 Å². The number of benzene rings is 1. The van der Waals surface area contributed by atoms with Gasteiger partial charge in [-0.05, 0) is 68.4 Å². The van der Waals surface area contributed by atoms with Gasteiger partial charge in [0.05, 0.1) is 6.04 Å². The van der Waals surface area contributed by atoms with Gasteiger partial charge in [0.1, 0.15) is 23.9 Å². The first-order chi connectivity index (χ1) is 19.5. The lowest BCUT2D eigenvalue weighted by Gasteiger charge is -2.25. The molecule has 4 atom stereocenters. The monoisotopic (exact) mass is 596 g/mol. The van der Waals surface area contributed by atoms with E-state index >= 15 is 0 Å². The van der Waals surface area contributed by atoms with Crippen molar-refractivity contribution in [3.05, 3.63) is 29.8 Å². The molecule has 0 aliphatic rings. The van der Waals surface area contributed by atoms with Gasteiger partial charge in [0.25, 0.3) is 0 Å². The van der Waals surface area contributed by atoms with Crippen LogP contribution in [0.15, 0.2) is 29.3 Å². The minimum absolute atomic E-state index is 0.0424. The number of hydrogen-bond donors (Lipinski definition) is 9. The molecule has 1 aromatic rings. The van der Waals surface area contributed by atoms with E-state index in [2.05, 4.69) is 20.9 Å². The number of aliphatic carboxylic acids is 1. The minimum atomic E-state index is -1.24. The highest BCUT2D eigenvalue weighted by Crippen LogP contribution is 2.13. The number of hydrogen-bond acceptors (Lipinski definition) is 9. The number of phenols is 1. The average molecular weight is 597 g/mol. The summed E-state index contributed by atoms with van der Waals surface area (Å²) >= 11 is 1.45. The second kappa shape index (κ2) is 19.5. The standard InChI is InChI=1S/C26H44N8O6S/c1-41-14-11-19(23(37)33-20(25(39)40)6-4-13-31-26(29)30)32-24(38)21(15-16-7-9-17(35)10-8-16)34-22(36)18(28)5-2-3-12-27/h7-10,18-21,35H,2-6,11-15,27-28H2,1H3,(H,32,38)(H,33,37)(H,34,36)(H,39,40)(H4,29,30,31). The Morgan fingerprint density at radius 1 is 0.878 bits per heavy atom. The average Bonchev–Trinajstić information content (AvgIpc) is 2.92. The minimum Gasteiger partial charge on any atom is -0.508 e. The quantitative estimate of drug-likeness (QED) is 0.0487. The van der Waals surface area contributed by atoms with Crippen LogP contribution in [0.2, 0.25) is 0 Å². The van der Waals surface area contributed by atoms with Crippen LogP contribution in [0.5, 0.6) is 5.75 Å². The van der Waals surface area contributed by atoms with Crippen LogP contribution in [0.4, 0.5) is 0 Å². The zero-order chi connectivity index (χ0) is 30.8. The number of aromatic hydroxyl groups is 1. The molecule has 0 saturated heterocycles. The van der Waals surface area contributed by atoms with Crippen molar-refractivity contribution in [2.24, 2.45) is 27.9 Å². The Morgan fingerprint density at radius 3 is 2.07 bits per heavy atom. The number of unbranched alkanes of at least 4 members (excludes halogenated alkanes) is 1. The molecule has 4 unspecified atom stereocenters. The summed E-state index contributed by atoms with van der Waals surface area (Å²) in [5.41, 5.74) is 22.8. The van der Waals surface area contributed by atoms with E-state index in [1.807, 2.05) is 6.26 Å². The number of amides is 3. The summed E-state index contributed by atoms with van der Waals surface area (Å²) in [7, 11) is 0. The molecule has 0 saturated carbocycles. The van der Waals surface area contributed by atoms with Crippen LogP contribution in [-0.2, 0) is 25.6 Å². The van der Waals surface area contributed by atoms with E-state index < -0.39 is 47.9 Å². The van der Waals surface area contributed by atoms with Crippen LogP contribution in [0.1, 0.15) is 44.1 Å². The lowest BCUT2D eigenvalue weighted by molar-refractivity contribution is -0.142. The van der Waals surface area contributed by atoms with Crippen molar-refractivity contribution in [2.75, 3.05) is 25.1 Å². The highest BCUT2D eigenvalue weighted by molar-refractivity contribution is 7.98. The van der Waals surface area contributed by atoms with E-state index in [1.165, 1.54) is 23.9 Å². The Labute approximate surface area is 244 Å². The van der Waals surface area contributed by atoms with Gasteiger partial charge in [-0.3, -0.25) is 19.4 Å². The van der Waals surface area contributed by atoms with E-state index in [0.717, 1.165) is 0 Å².